The standard InChI is InChI=1S/C27H26FN7O2S/c1-34-11-12-36-25-19-22(32-26(33-24(19)34)37-14-27-7-3-9-35(27)10-4-8-27)20(28)21(31-25)15-5-2-6-17-18(15)16(13-29)23(30)38-17/h2,5-6H,3-4,7-12,14,30H2,1H3. The van der Waals surface area contributed by atoms with Gasteiger partial charge in [-0.2, -0.15) is 15.2 Å². The highest BCUT2D eigenvalue weighted by Crippen LogP contribution is 2.44. The Hall–Kier alpha value is -3.75. The van der Waals surface area contributed by atoms with Gasteiger partial charge >= 0.3 is 6.01 Å². The first-order valence-corrected chi connectivity index (χ1v) is 13.7. The average Bonchev–Trinajstić information content (AvgIpc) is 3.56. The topological polar surface area (TPSA) is 113 Å². The number of rotatable bonds is 4. The number of halogens is 1. The molecular weight excluding hydrogens is 505 g/mol. The number of nitrogen functional groups attached to an aromatic ring is 1. The highest BCUT2D eigenvalue weighted by atomic mass is 32.1. The van der Waals surface area contributed by atoms with E-state index in [2.05, 4.69) is 20.9 Å². The Kier molecular flexibility index (Phi) is 5.32. The van der Waals surface area contributed by atoms with Crippen LogP contribution in [-0.2, 0) is 0 Å². The molecule has 0 atom stereocenters. The molecule has 2 N–H and O–H groups in total. The molecule has 0 unspecified atom stereocenters. The molecule has 3 aliphatic heterocycles. The number of thiophene rings is 1. The van der Waals surface area contributed by atoms with E-state index in [0.29, 0.717) is 52.5 Å². The molecule has 1 aromatic carbocycles. The normalized spacial score (nSPS) is 18.4. The van der Waals surface area contributed by atoms with Crippen molar-refractivity contribution in [1.82, 2.24) is 19.9 Å². The number of nitrogens with zero attached hydrogens (tertiary/aromatic N) is 6. The first-order valence-electron chi connectivity index (χ1n) is 12.8. The fourth-order valence-electron chi connectivity index (χ4n) is 6.25. The van der Waals surface area contributed by atoms with Gasteiger partial charge in [-0.05, 0) is 44.8 Å². The van der Waals surface area contributed by atoms with E-state index in [1.54, 1.807) is 12.1 Å². The Labute approximate surface area is 222 Å². The van der Waals surface area contributed by atoms with Crippen molar-refractivity contribution in [1.29, 1.82) is 5.26 Å². The van der Waals surface area contributed by atoms with Gasteiger partial charge in [-0.3, -0.25) is 4.90 Å². The highest BCUT2D eigenvalue weighted by molar-refractivity contribution is 7.23. The second-order valence-corrected chi connectivity index (χ2v) is 11.3. The van der Waals surface area contributed by atoms with Crippen LogP contribution in [0.1, 0.15) is 31.2 Å². The quantitative estimate of drug-likeness (QED) is 0.411. The van der Waals surface area contributed by atoms with Gasteiger partial charge in [-0.15, -0.1) is 11.3 Å². The van der Waals surface area contributed by atoms with Gasteiger partial charge in [-0.25, -0.2) is 9.37 Å². The van der Waals surface area contributed by atoms with Crippen LogP contribution < -0.4 is 20.1 Å². The molecule has 6 heterocycles. The Morgan fingerprint density at radius 2 is 2.00 bits per heavy atom. The highest BCUT2D eigenvalue weighted by Gasteiger charge is 2.45. The van der Waals surface area contributed by atoms with Crippen LogP contribution in [0, 0.1) is 17.1 Å². The van der Waals surface area contributed by atoms with Crippen LogP contribution in [0.15, 0.2) is 18.2 Å². The van der Waals surface area contributed by atoms with E-state index in [1.165, 1.54) is 11.3 Å². The van der Waals surface area contributed by atoms with Gasteiger partial charge in [0.2, 0.25) is 5.88 Å². The van der Waals surface area contributed by atoms with Gasteiger partial charge in [0, 0.05) is 22.7 Å². The minimum absolute atomic E-state index is 0.0107. The van der Waals surface area contributed by atoms with Gasteiger partial charge in [0.1, 0.15) is 46.7 Å². The van der Waals surface area contributed by atoms with Gasteiger partial charge in [-0.1, -0.05) is 12.1 Å². The van der Waals surface area contributed by atoms with E-state index in [-0.39, 0.29) is 28.6 Å². The van der Waals surface area contributed by atoms with Crippen molar-refractivity contribution >= 4 is 43.1 Å². The number of likely N-dealkylation sites (N-methyl/N-ethyl adjacent to an activating group) is 1. The van der Waals surface area contributed by atoms with E-state index >= 15 is 4.39 Å². The van der Waals surface area contributed by atoms with E-state index in [0.717, 1.165) is 43.5 Å². The molecule has 3 aliphatic rings. The number of fused-ring (bicyclic) bond motifs is 2. The first kappa shape index (κ1) is 23.4. The summed E-state index contributed by atoms with van der Waals surface area (Å²) in [5, 5.41) is 11.2. The van der Waals surface area contributed by atoms with Crippen LogP contribution in [0.3, 0.4) is 0 Å². The Bertz CT molecular complexity index is 1640. The summed E-state index contributed by atoms with van der Waals surface area (Å²) in [6, 6.07) is 7.73. The lowest BCUT2D eigenvalue weighted by molar-refractivity contribution is 0.108. The zero-order valence-corrected chi connectivity index (χ0v) is 21.8. The number of anilines is 2. The molecule has 3 aromatic heterocycles. The van der Waals surface area contributed by atoms with Crippen LogP contribution >= 0.6 is 11.3 Å². The SMILES string of the molecule is CN1CCOc2nc(-c3cccc4sc(N)c(C#N)c34)c(F)c3nc(OCC45CCCN4CCC5)nc1c23. The van der Waals surface area contributed by atoms with Crippen LogP contribution in [0.4, 0.5) is 15.2 Å². The lowest BCUT2D eigenvalue weighted by Gasteiger charge is -2.31. The summed E-state index contributed by atoms with van der Waals surface area (Å²) >= 11 is 1.29. The van der Waals surface area contributed by atoms with Crippen molar-refractivity contribution in [2.75, 3.05) is 50.5 Å². The fourth-order valence-corrected chi connectivity index (χ4v) is 7.19. The summed E-state index contributed by atoms with van der Waals surface area (Å²) in [5.74, 6) is 0.176. The van der Waals surface area contributed by atoms with Gasteiger partial charge in [0.05, 0.1) is 17.6 Å². The maximum Gasteiger partial charge on any atom is 0.319 e. The van der Waals surface area contributed by atoms with Crippen molar-refractivity contribution in [3.8, 4) is 29.2 Å². The average molecular weight is 532 g/mol. The predicted molar refractivity (Wildman–Crippen MR) is 144 cm³/mol. The van der Waals surface area contributed by atoms with Crippen LogP contribution in [0.25, 0.3) is 32.2 Å². The lowest BCUT2D eigenvalue weighted by Crippen LogP contribution is -2.43. The molecule has 0 bridgehead atoms. The molecule has 38 heavy (non-hydrogen) atoms. The second kappa shape index (κ2) is 8.64. The van der Waals surface area contributed by atoms with Crippen molar-refractivity contribution in [2.24, 2.45) is 0 Å². The molecule has 7 rings (SSSR count). The van der Waals surface area contributed by atoms with Crippen LogP contribution in [0.5, 0.6) is 11.9 Å². The molecule has 0 spiro atoms. The first-order chi connectivity index (χ1) is 18.5. The Morgan fingerprint density at radius 1 is 1.18 bits per heavy atom. The van der Waals surface area contributed by atoms with Crippen molar-refractivity contribution in [2.45, 2.75) is 31.2 Å². The van der Waals surface area contributed by atoms with Crippen LogP contribution in [0.2, 0.25) is 0 Å². The third kappa shape index (κ3) is 3.40. The lowest BCUT2D eigenvalue weighted by atomic mass is 9.95. The molecule has 2 fully saturated rings. The maximum atomic E-state index is 16.4. The van der Waals surface area contributed by atoms with Gasteiger partial charge < -0.3 is 20.1 Å². The molecule has 0 aliphatic carbocycles. The number of hydrogen-bond donors (Lipinski definition) is 1. The summed E-state index contributed by atoms with van der Waals surface area (Å²) in [5.41, 5.74) is 7.06. The summed E-state index contributed by atoms with van der Waals surface area (Å²) in [6.07, 6.45) is 4.48. The minimum Gasteiger partial charge on any atom is -0.475 e. The fraction of sp³-hybridized carbons (Fsp3) is 0.407. The summed E-state index contributed by atoms with van der Waals surface area (Å²) < 4.78 is 29.4. The molecule has 0 radical (unpaired) electrons. The summed E-state index contributed by atoms with van der Waals surface area (Å²) in [7, 11) is 1.89. The van der Waals surface area contributed by atoms with E-state index in [4.69, 9.17) is 20.2 Å². The number of nitrogens with two attached hydrogens (primary N) is 1. The van der Waals surface area contributed by atoms with Crippen molar-refractivity contribution in [3.63, 3.8) is 0 Å². The molecular formula is C27H26FN7O2S. The van der Waals surface area contributed by atoms with Crippen LogP contribution in [-0.4, -0.2) is 65.3 Å². The van der Waals surface area contributed by atoms with Gasteiger partial charge in [0.15, 0.2) is 5.82 Å². The third-order valence-electron chi connectivity index (χ3n) is 8.13. The van der Waals surface area contributed by atoms with Crippen molar-refractivity contribution in [3.05, 3.63) is 29.6 Å². The Balaban J connectivity index is 1.41. The maximum absolute atomic E-state index is 16.4. The molecule has 2 saturated heterocycles. The number of nitriles is 1. The van der Waals surface area contributed by atoms with Crippen molar-refractivity contribution < 1.29 is 13.9 Å². The smallest absolute Gasteiger partial charge is 0.319 e. The summed E-state index contributed by atoms with van der Waals surface area (Å²) in [4.78, 5) is 18.3. The molecule has 0 amide bonds. The Morgan fingerprint density at radius 3 is 2.79 bits per heavy atom. The predicted octanol–water partition coefficient (Wildman–Crippen LogP) is 4.34. The number of pyridine rings is 1. The van der Waals surface area contributed by atoms with E-state index in [1.807, 2.05) is 18.0 Å². The molecule has 4 aromatic rings. The second-order valence-electron chi connectivity index (χ2n) is 10.2. The monoisotopic (exact) mass is 531 g/mol. The largest absolute Gasteiger partial charge is 0.475 e. The zero-order valence-electron chi connectivity index (χ0n) is 21.0. The molecule has 9 nitrogen and oxygen atoms in total. The summed E-state index contributed by atoms with van der Waals surface area (Å²) in [6.45, 7) is 3.55. The molecule has 11 heteroatoms. The number of aromatic nitrogens is 3. The zero-order chi connectivity index (χ0) is 26.0. The van der Waals surface area contributed by atoms with E-state index in [9.17, 15) is 5.26 Å². The molecule has 0 saturated carbocycles. The van der Waals surface area contributed by atoms with Gasteiger partial charge in [0.25, 0.3) is 0 Å². The molecule has 194 valence electrons. The minimum atomic E-state index is -0.612. The number of hydrogen-bond acceptors (Lipinski definition) is 10. The third-order valence-corrected chi connectivity index (χ3v) is 9.11. The van der Waals surface area contributed by atoms with E-state index < -0.39 is 5.82 Å². The number of benzene rings is 1. The number of ether oxygens (including phenoxy) is 2.